The van der Waals surface area contributed by atoms with Crippen LogP contribution in [0.4, 0.5) is 0 Å². The van der Waals surface area contributed by atoms with Gasteiger partial charge in [-0.1, -0.05) is 34.6 Å². The Morgan fingerprint density at radius 2 is 1.80 bits per heavy atom. The minimum absolute atomic E-state index is 0. The Bertz CT molecular complexity index is 455. The van der Waals surface area contributed by atoms with E-state index in [4.69, 9.17) is 44.1 Å². The van der Waals surface area contributed by atoms with Gasteiger partial charge in [0.05, 0.1) is 23.3 Å². The first-order valence-electron chi connectivity index (χ1n) is 5.62. The molecule has 9 heteroatoms. The Morgan fingerprint density at radius 3 is 2.35 bits per heavy atom. The molecule has 1 rings (SSSR count). The van der Waals surface area contributed by atoms with Crippen LogP contribution >= 0.6 is 52.0 Å². The molecule has 0 aliphatic rings. The molecule has 119 valence electrons. The molecule has 2 nitrogen and oxygen atoms in total. The van der Waals surface area contributed by atoms with Crippen molar-refractivity contribution in [2.45, 2.75) is 18.7 Å². The smallest absolute Gasteiger partial charge is 0.248 e. The summed E-state index contributed by atoms with van der Waals surface area (Å²) >= 11 is 20.6. The normalized spacial score (nSPS) is 11.2. The van der Waals surface area contributed by atoms with Gasteiger partial charge in [-0.3, -0.25) is 0 Å². The van der Waals surface area contributed by atoms with Gasteiger partial charge in [0.15, 0.2) is 0 Å². The summed E-state index contributed by atoms with van der Waals surface area (Å²) in [7, 11) is 0. The van der Waals surface area contributed by atoms with E-state index in [0.717, 1.165) is 9.98 Å². The fourth-order valence-corrected chi connectivity index (χ4v) is 8.71. The third-order valence-electron chi connectivity index (χ3n) is 1.89. The molecule has 0 unspecified atom stereocenters. The molecule has 1 aromatic rings. The van der Waals surface area contributed by atoms with Gasteiger partial charge in [-0.15, -0.1) is 11.8 Å². The van der Waals surface area contributed by atoms with Gasteiger partial charge >= 0.3 is 0 Å². The van der Waals surface area contributed by atoms with E-state index in [1.807, 2.05) is 19.9 Å². The van der Waals surface area contributed by atoms with Crippen molar-refractivity contribution in [3.63, 3.8) is 0 Å². The Morgan fingerprint density at radius 1 is 1.20 bits per heavy atom. The molecule has 0 spiro atoms. The van der Waals surface area contributed by atoms with E-state index in [9.17, 15) is 0 Å². The third kappa shape index (κ3) is 7.89. The van der Waals surface area contributed by atoms with Gasteiger partial charge in [0.25, 0.3) is 0 Å². The summed E-state index contributed by atoms with van der Waals surface area (Å²) in [5.41, 5.74) is -2.23. The van der Waals surface area contributed by atoms with Gasteiger partial charge in [0.1, 0.15) is 0 Å². The van der Waals surface area contributed by atoms with Crippen molar-refractivity contribution in [3.8, 4) is 0 Å². The number of hydrogen-bond acceptors (Lipinski definition) is 5. The second-order valence-electron chi connectivity index (χ2n) is 3.25. The molecule has 0 N–H and O–H groups in total. The maximum absolute atomic E-state index is 6.10. The predicted octanol–water partition coefficient (Wildman–Crippen LogP) is 6.07. The minimum Gasteiger partial charge on any atom is -0.322 e. The first-order valence-corrected chi connectivity index (χ1v) is 11.6. The van der Waals surface area contributed by atoms with E-state index < -0.39 is 5.69 Å². The maximum atomic E-state index is 6.10. The summed E-state index contributed by atoms with van der Waals surface area (Å²) in [5.74, 6) is 0. The first kappa shape index (κ1) is 21.8. The first-order chi connectivity index (χ1) is 9.00. The molecule has 0 amide bonds. The van der Waals surface area contributed by atoms with E-state index in [-0.39, 0.29) is 22.4 Å². The summed E-state index contributed by atoms with van der Waals surface area (Å²) in [6.07, 6.45) is 0. The summed E-state index contributed by atoms with van der Waals surface area (Å²) in [4.78, 5) is 0.941. The predicted molar refractivity (Wildman–Crippen MR) is 92.3 cm³/mol. The second kappa shape index (κ2) is 11.4. The van der Waals surface area contributed by atoms with Crippen LogP contribution in [0, 0.1) is 0 Å². The minimum atomic E-state index is -2.23. The summed E-state index contributed by atoms with van der Waals surface area (Å²) in [6.45, 7) is 4.96. The molecule has 1 radical (unpaired) electrons. The van der Waals surface area contributed by atoms with Crippen LogP contribution in [-0.4, -0.2) is 18.3 Å². The number of thioether (sulfide) groups is 1. The zero-order valence-corrected chi connectivity index (χ0v) is 17.9. The number of benzene rings is 1. The largest absolute Gasteiger partial charge is 0.322 e. The Labute approximate surface area is 159 Å². The van der Waals surface area contributed by atoms with E-state index in [0.29, 0.717) is 23.3 Å². The van der Waals surface area contributed by atoms with E-state index in [1.54, 1.807) is 23.9 Å². The fourth-order valence-electron chi connectivity index (χ4n) is 1.17. The molecule has 0 saturated heterocycles. The molecule has 0 fully saturated rings. The van der Waals surface area contributed by atoms with Crippen LogP contribution in [-0.2, 0) is 43.2 Å². The van der Waals surface area contributed by atoms with Crippen molar-refractivity contribution < 1.29 is 31.4 Å². The third-order valence-corrected chi connectivity index (χ3v) is 9.69. The van der Waals surface area contributed by atoms with Crippen LogP contribution in [0.3, 0.4) is 0 Å². The molecule has 20 heavy (non-hydrogen) atoms. The van der Waals surface area contributed by atoms with Gasteiger partial charge in [-0.25, -0.2) is 0 Å². The van der Waals surface area contributed by atoms with Crippen molar-refractivity contribution in [2.75, 3.05) is 18.3 Å². The van der Waals surface area contributed by atoms with Crippen LogP contribution in [0.25, 0.3) is 0 Å². The average Bonchev–Trinajstić information content (AvgIpc) is 2.34. The van der Waals surface area contributed by atoms with Crippen molar-refractivity contribution >= 4 is 63.8 Å². The standard InChI is InChI=1S/C11H15Cl2O2PS3.Au/c1-3-14-16(17,15-4-2)19-8-18-11-7-9(12)5-6-10(11)13;/h5-7H,3-4,8H2,1-2H3;. The van der Waals surface area contributed by atoms with Crippen LogP contribution in [0.1, 0.15) is 13.8 Å². The zero-order chi connectivity index (χ0) is 14.3. The van der Waals surface area contributed by atoms with Crippen LogP contribution in [0.5, 0.6) is 0 Å². The molecule has 0 aliphatic carbocycles. The van der Waals surface area contributed by atoms with Crippen LogP contribution in [0.15, 0.2) is 23.1 Å². The van der Waals surface area contributed by atoms with E-state index in [1.165, 1.54) is 11.4 Å². The number of hydrogen-bond donors (Lipinski definition) is 0. The quantitative estimate of drug-likeness (QED) is 0.162. The molecule has 0 saturated carbocycles. The SMILES string of the molecule is CCOP(=S)(OCC)SCSc1cc(Cl)ccc1Cl.[Au]. The number of rotatable bonds is 8. The van der Waals surface area contributed by atoms with Crippen molar-refractivity contribution in [3.05, 3.63) is 28.2 Å². The molecular formula is C11H15AuCl2O2PS3. The van der Waals surface area contributed by atoms with Gasteiger partial charge < -0.3 is 9.05 Å². The van der Waals surface area contributed by atoms with E-state index in [2.05, 4.69) is 0 Å². The Hall–Kier alpha value is 1.81. The van der Waals surface area contributed by atoms with Crippen molar-refractivity contribution in [2.24, 2.45) is 0 Å². The molecule has 0 atom stereocenters. The molecule has 0 aliphatic heterocycles. The van der Waals surface area contributed by atoms with E-state index >= 15 is 0 Å². The molecule has 0 bridgehead atoms. The number of halogens is 2. The second-order valence-corrected chi connectivity index (χ2v) is 11.8. The maximum Gasteiger partial charge on any atom is 0.248 e. The molecular weight excluding hydrogens is 559 g/mol. The van der Waals surface area contributed by atoms with Gasteiger partial charge in [-0.05, 0) is 43.9 Å². The molecule has 1 aromatic carbocycles. The Balaban J connectivity index is 0.00000361. The van der Waals surface area contributed by atoms with Crippen molar-refractivity contribution in [1.29, 1.82) is 0 Å². The zero-order valence-electron chi connectivity index (χ0n) is 10.9. The van der Waals surface area contributed by atoms with Gasteiger partial charge in [0, 0.05) is 32.3 Å². The summed E-state index contributed by atoms with van der Waals surface area (Å²) in [5, 5.41) is 2.08. The summed E-state index contributed by atoms with van der Waals surface area (Å²) in [6, 6.07) is 5.41. The topological polar surface area (TPSA) is 18.5 Å². The van der Waals surface area contributed by atoms with Gasteiger partial charge in [0.2, 0.25) is 5.69 Å². The van der Waals surface area contributed by atoms with Gasteiger partial charge in [-0.2, -0.15) is 0 Å². The Kier molecular flexibility index (Phi) is 12.4. The molecule has 0 heterocycles. The summed E-state index contributed by atoms with van der Waals surface area (Å²) < 4.78 is 11.1. The fraction of sp³-hybridized carbons (Fsp3) is 0.455. The monoisotopic (exact) mass is 573 g/mol. The molecule has 0 aromatic heterocycles. The van der Waals surface area contributed by atoms with Crippen molar-refractivity contribution in [1.82, 2.24) is 0 Å². The van der Waals surface area contributed by atoms with Crippen LogP contribution < -0.4 is 0 Å². The van der Waals surface area contributed by atoms with Crippen LogP contribution in [0.2, 0.25) is 10.0 Å². The average molecular weight is 574 g/mol.